The third kappa shape index (κ3) is 3.29. The van der Waals surface area contributed by atoms with Gasteiger partial charge in [-0.3, -0.25) is 0 Å². The number of nitrogens with zero attached hydrogens (tertiary/aromatic N) is 1. The fourth-order valence-corrected chi connectivity index (χ4v) is 2.81. The molecule has 5 heteroatoms. The van der Waals surface area contributed by atoms with Crippen molar-refractivity contribution in [2.24, 2.45) is 11.8 Å². The number of piperidine rings is 1. The maximum atomic E-state index is 12.1. The number of halogens is 1. The maximum Gasteiger partial charge on any atom is 0.410 e. The molecule has 18 heavy (non-hydrogen) atoms. The van der Waals surface area contributed by atoms with Gasteiger partial charge in [-0.25, -0.2) is 4.79 Å². The number of nitrogens with one attached hydrogen (secondary N) is 1. The maximum absolute atomic E-state index is 12.1. The Morgan fingerprint density at radius 3 is 2.83 bits per heavy atom. The van der Waals surface area contributed by atoms with E-state index >= 15 is 0 Å². The lowest BCUT2D eigenvalue weighted by Crippen LogP contribution is -2.46. The number of amides is 1. The van der Waals surface area contributed by atoms with Crippen molar-refractivity contribution in [1.82, 2.24) is 10.2 Å². The van der Waals surface area contributed by atoms with Crippen LogP contribution < -0.4 is 5.32 Å². The summed E-state index contributed by atoms with van der Waals surface area (Å²) in [6.07, 6.45) is 1.08. The number of ether oxygens (including phenoxy) is 1. The quantitative estimate of drug-likeness (QED) is 0.630. The van der Waals surface area contributed by atoms with Gasteiger partial charge in [0.05, 0.1) is 6.04 Å². The number of carbonyl (C=O) groups is 1. The van der Waals surface area contributed by atoms with Gasteiger partial charge in [0, 0.05) is 25.5 Å². The molecule has 0 radical (unpaired) electrons. The molecule has 1 aliphatic carbocycles. The van der Waals surface area contributed by atoms with Crippen LogP contribution in [0.25, 0.3) is 0 Å². The Hall–Kier alpha value is -0.480. The Kier molecular flexibility index (Phi) is 4.07. The van der Waals surface area contributed by atoms with E-state index in [-0.39, 0.29) is 12.1 Å². The summed E-state index contributed by atoms with van der Waals surface area (Å²) in [5.74, 6) is 1.97. The fourth-order valence-electron chi connectivity index (χ4n) is 2.68. The van der Waals surface area contributed by atoms with Crippen LogP contribution in [-0.4, -0.2) is 48.2 Å². The van der Waals surface area contributed by atoms with Crippen molar-refractivity contribution in [3.8, 4) is 0 Å². The molecule has 0 aromatic rings. The van der Waals surface area contributed by atoms with Gasteiger partial charge in [-0.05, 0) is 39.0 Å². The first kappa shape index (κ1) is 13.9. The van der Waals surface area contributed by atoms with Gasteiger partial charge in [0.1, 0.15) is 5.60 Å². The minimum atomic E-state index is -0.419. The van der Waals surface area contributed by atoms with Gasteiger partial charge in [-0.1, -0.05) is 0 Å². The molecule has 2 aliphatic rings. The van der Waals surface area contributed by atoms with Crippen molar-refractivity contribution in [3.63, 3.8) is 0 Å². The first-order valence-electron chi connectivity index (χ1n) is 6.68. The first-order chi connectivity index (χ1) is 8.42. The van der Waals surface area contributed by atoms with Crippen LogP contribution in [0.1, 0.15) is 27.2 Å². The molecule has 2 fully saturated rings. The second kappa shape index (κ2) is 5.25. The largest absolute Gasteiger partial charge is 0.444 e. The molecule has 0 spiro atoms. The lowest BCUT2D eigenvalue weighted by atomic mass is 10.2. The zero-order valence-corrected chi connectivity index (χ0v) is 12.2. The molecule has 1 saturated heterocycles. The van der Waals surface area contributed by atoms with Crippen molar-refractivity contribution in [3.05, 3.63) is 0 Å². The van der Waals surface area contributed by atoms with Crippen molar-refractivity contribution in [2.75, 3.05) is 25.5 Å². The van der Waals surface area contributed by atoms with Gasteiger partial charge in [0.25, 0.3) is 0 Å². The summed E-state index contributed by atoms with van der Waals surface area (Å²) in [4.78, 5) is 14.0. The van der Waals surface area contributed by atoms with E-state index in [9.17, 15) is 4.79 Å². The van der Waals surface area contributed by atoms with Crippen LogP contribution >= 0.6 is 11.6 Å². The van der Waals surface area contributed by atoms with E-state index in [2.05, 4.69) is 5.32 Å². The highest BCUT2D eigenvalue weighted by atomic mass is 35.5. The van der Waals surface area contributed by atoms with Crippen molar-refractivity contribution in [1.29, 1.82) is 0 Å². The van der Waals surface area contributed by atoms with E-state index in [4.69, 9.17) is 16.3 Å². The molecule has 0 aromatic heterocycles. The van der Waals surface area contributed by atoms with Crippen LogP contribution in [0.15, 0.2) is 0 Å². The molecule has 1 heterocycles. The Labute approximate surface area is 114 Å². The number of hydrogen-bond acceptors (Lipinski definition) is 3. The average molecular weight is 275 g/mol. The van der Waals surface area contributed by atoms with E-state index in [0.717, 1.165) is 19.6 Å². The Morgan fingerprint density at radius 2 is 2.22 bits per heavy atom. The highest BCUT2D eigenvalue weighted by Gasteiger charge is 2.54. The normalized spacial score (nSPS) is 30.2. The molecule has 0 bridgehead atoms. The first-order valence-corrected chi connectivity index (χ1v) is 7.22. The van der Waals surface area contributed by atoms with E-state index in [1.165, 1.54) is 6.42 Å². The highest BCUT2D eigenvalue weighted by Crippen LogP contribution is 2.49. The van der Waals surface area contributed by atoms with Crippen LogP contribution in [-0.2, 0) is 4.74 Å². The van der Waals surface area contributed by atoms with E-state index < -0.39 is 5.60 Å². The molecular weight excluding hydrogens is 252 g/mol. The van der Waals surface area contributed by atoms with E-state index in [0.29, 0.717) is 17.7 Å². The van der Waals surface area contributed by atoms with Crippen LogP contribution in [0.5, 0.6) is 0 Å². The molecular formula is C13H23ClN2O2. The Bertz CT molecular complexity index is 317. The van der Waals surface area contributed by atoms with Crippen molar-refractivity contribution in [2.45, 2.75) is 38.8 Å². The van der Waals surface area contributed by atoms with Crippen LogP contribution in [0.4, 0.5) is 4.79 Å². The number of rotatable bonds is 4. The van der Waals surface area contributed by atoms with Gasteiger partial charge in [-0.2, -0.15) is 0 Å². The van der Waals surface area contributed by atoms with Gasteiger partial charge < -0.3 is 15.0 Å². The summed E-state index contributed by atoms with van der Waals surface area (Å²) in [7, 11) is 0. The van der Waals surface area contributed by atoms with Crippen molar-refractivity contribution < 1.29 is 9.53 Å². The van der Waals surface area contributed by atoms with Crippen LogP contribution in [0, 0.1) is 11.8 Å². The summed E-state index contributed by atoms with van der Waals surface area (Å²) in [5, 5.41) is 3.30. The number of likely N-dealkylation sites (tertiary alicyclic amines) is 1. The molecule has 4 nitrogen and oxygen atoms in total. The molecule has 0 aromatic carbocycles. The molecule has 2 unspecified atom stereocenters. The van der Waals surface area contributed by atoms with Gasteiger partial charge in [0.2, 0.25) is 0 Å². The second-order valence-electron chi connectivity index (χ2n) is 6.25. The lowest BCUT2D eigenvalue weighted by Gasteiger charge is -2.30. The predicted octanol–water partition coefficient (Wildman–Crippen LogP) is 2.07. The van der Waals surface area contributed by atoms with E-state index in [1.54, 1.807) is 0 Å². The summed E-state index contributed by atoms with van der Waals surface area (Å²) >= 11 is 5.65. The monoisotopic (exact) mass is 274 g/mol. The number of carbonyl (C=O) groups excluding carboxylic acids is 1. The number of fused-ring (bicyclic) bond motifs is 1. The molecule has 1 N–H and O–H groups in total. The summed E-state index contributed by atoms with van der Waals surface area (Å²) in [6.45, 7) is 8.19. The molecule has 2 rings (SSSR count). The Morgan fingerprint density at radius 1 is 1.50 bits per heavy atom. The second-order valence-corrected chi connectivity index (χ2v) is 6.63. The number of alkyl halides is 1. The highest BCUT2D eigenvalue weighted by molar-refractivity contribution is 6.18. The third-order valence-electron chi connectivity index (χ3n) is 3.56. The van der Waals surface area contributed by atoms with E-state index in [1.807, 2.05) is 25.7 Å². The lowest BCUT2D eigenvalue weighted by molar-refractivity contribution is 0.0194. The average Bonchev–Trinajstić information content (AvgIpc) is 2.92. The van der Waals surface area contributed by atoms with Crippen LogP contribution in [0.3, 0.4) is 0 Å². The van der Waals surface area contributed by atoms with Crippen molar-refractivity contribution >= 4 is 17.7 Å². The summed E-state index contributed by atoms with van der Waals surface area (Å²) < 4.78 is 5.46. The predicted molar refractivity (Wildman–Crippen MR) is 71.9 cm³/mol. The van der Waals surface area contributed by atoms with Gasteiger partial charge in [0.15, 0.2) is 0 Å². The topological polar surface area (TPSA) is 41.6 Å². The molecule has 104 valence electrons. The standard InChI is InChI=1S/C13H23ClN2O2/c1-13(2,3)18-12(17)16-8-9-6-10(9)11(16)7-15-5-4-14/h9-11,15H,4-8H2,1-3H3/t9-,10?,11?/m0/s1. The molecule has 1 saturated carbocycles. The minimum absolute atomic E-state index is 0.174. The summed E-state index contributed by atoms with van der Waals surface area (Å²) in [5.41, 5.74) is -0.419. The zero-order valence-electron chi connectivity index (χ0n) is 11.4. The SMILES string of the molecule is CC(C)(C)OC(=O)N1C[C@@H]2CC2C1CNCCCl. The van der Waals surface area contributed by atoms with Gasteiger partial charge in [-0.15, -0.1) is 11.6 Å². The molecule has 3 atom stereocenters. The zero-order chi connectivity index (χ0) is 13.3. The van der Waals surface area contributed by atoms with Crippen LogP contribution in [0.2, 0.25) is 0 Å². The molecule has 1 aliphatic heterocycles. The Balaban J connectivity index is 1.88. The fraction of sp³-hybridized carbons (Fsp3) is 0.923. The smallest absolute Gasteiger partial charge is 0.410 e. The van der Waals surface area contributed by atoms with Gasteiger partial charge >= 0.3 is 6.09 Å². The number of hydrogen-bond donors (Lipinski definition) is 1. The minimum Gasteiger partial charge on any atom is -0.444 e. The molecule has 1 amide bonds. The third-order valence-corrected chi connectivity index (χ3v) is 3.74. The summed E-state index contributed by atoms with van der Waals surface area (Å²) in [6, 6.07) is 0.285.